The van der Waals surface area contributed by atoms with E-state index in [0.29, 0.717) is 12.2 Å². The van der Waals surface area contributed by atoms with Crippen molar-refractivity contribution in [2.45, 2.75) is 79.2 Å². The van der Waals surface area contributed by atoms with Gasteiger partial charge in [-0.1, -0.05) is 50.3 Å². The Hall–Kier alpha value is -2.81. The van der Waals surface area contributed by atoms with Crippen molar-refractivity contribution in [3.05, 3.63) is 84.0 Å². The summed E-state index contributed by atoms with van der Waals surface area (Å²) < 4.78 is 11.9. The minimum Gasteiger partial charge on any atom is -0.488 e. The second-order valence-corrected chi connectivity index (χ2v) is 11.1. The second kappa shape index (κ2) is 9.99. The molecule has 178 valence electrons. The van der Waals surface area contributed by atoms with E-state index >= 15 is 0 Å². The number of ether oxygens (including phenoxy) is 2. The molecule has 0 radical (unpaired) electrons. The second-order valence-electron chi connectivity index (χ2n) is 11.1. The number of carbonyl (C=O) groups excluding carboxylic acids is 1. The highest BCUT2D eigenvalue weighted by Gasteiger charge is 2.28. The zero-order valence-electron chi connectivity index (χ0n) is 21.7. The maximum atomic E-state index is 12.5. The Labute approximate surface area is 200 Å². The largest absolute Gasteiger partial charge is 0.488 e. The monoisotopic (exact) mass is 448 g/mol. The van der Waals surface area contributed by atoms with E-state index in [1.165, 1.54) is 5.56 Å². The van der Waals surface area contributed by atoms with Crippen molar-refractivity contribution in [1.29, 1.82) is 0 Å². The number of allylic oxidation sites excluding steroid dienone is 2. The summed E-state index contributed by atoms with van der Waals surface area (Å²) >= 11 is 0. The normalized spacial score (nSPS) is 12.2. The summed E-state index contributed by atoms with van der Waals surface area (Å²) in [6.45, 7) is 23.9. The van der Waals surface area contributed by atoms with E-state index in [4.69, 9.17) is 9.47 Å². The van der Waals surface area contributed by atoms with Gasteiger partial charge in [-0.25, -0.2) is 0 Å². The molecule has 2 aromatic carbocycles. The number of benzene rings is 2. The Morgan fingerprint density at radius 1 is 0.788 bits per heavy atom. The third kappa shape index (κ3) is 6.83. The fourth-order valence-corrected chi connectivity index (χ4v) is 3.52. The zero-order valence-corrected chi connectivity index (χ0v) is 21.7. The molecule has 0 fully saturated rings. The maximum absolute atomic E-state index is 12.5. The Morgan fingerprint density at radius 3 is 1.67 bits per heavy atom. The topological polar surface area (TPSA) is 35.5 Å². The standard InChI is InChI=1S/C30H40O3/c1-11-13-21-19-23(15-17-25(21)32-27(31)28(3,4)5)30(9,10)24-16-18-26(33-29(6,7)8)22(20-24)14-12-2/h11-12,15-20H,1-2,13-14H2,3-10H3. The van der Waals surface area contributed by atoms with Crippen LogP contribution < -0.4 is 9.47 Å². The molecule has 0 amide bonds. The Bertz CT molecular complexity index is 1010. The molecule has 0 aliphatic heterocycles. The minimum atomic E-state index is -0.568. The molecule has 0 atom stereocenters. The first-order chi connectivity index (χ1) is 15.2. The minimum absolute atomic E-state index is 0.247. The lowest BCUT2D eigenvalue weighted by atomic mass is 9.76. The molecule has 0 aliphatic carbocycles. The van der Waals surface area contributed by atoms with Gasteiger partial charge in [0.1, 0.15) is 17.1 Å². The van der Waals surface area contributed by atoms with Crippen LogP contribution in [0.1, 0.15) is 77.6 Å². The molecule has 0 bridgehead atoms. The molecule has 0 aromatic heterocycles. The molecule has 2 aromatic rings. The zero-order chi connectivity index (χ0) is 25.0. The van der Waals surface area contributed by atoms with Gasteiger partial charge in [-0.05, 0) is 88.8 Å². The lowest BCUT2D eigenvalue weighted by Crippen LogP contribution is -2.26. The number of hydrogen-bond donors (Lipinski definition) is 0. The molecule has 0 spiro atoms. The van der Waals surface area contributed by atoms with Gasteiger partial charge >= 0.3 is 5.97 Å². The molecule has 0 unspecified atom stereocenters. The van der Waals surface area contributed by atoms with Gasteiger partial charge in [0.05, 0.1) is 5.41 Å². The fraction of sp³-hybridized carbons (Fsp3) is 0.433. The Kier molecular flexibility index (Phi) is 8.00. The Balaban J connectivity index is 2.49. The molecule has 0 saturated heterocycles. The van der Waals surface area contributed by atoms with Gasteiger partial charge in [-0.3, -0.25) is 4.79 Å². The van der Waals surface area contributed by atoms with Gasteiger partial charge in [0.2, 0.25) is 0 Å². The highest BCUT2D eigenvalue weighted by molar-refractivity contribution is 5.78. The lowest BCUT2D eigenvalue weighted by Gasteiger charge is -2.29. The van der Waals surface area contributed by atoms with Crippen LogP contribution in [-0.4, -0.2) is 11.6 Å². The van der Waals surface area contributed by atoms with Crippen molar-refractivity contribution in [1.82, 2.24) is 0 Å². The number of rotatable bonds is 8. The molecular formula is C30H40O3. The average Bonchev–Trinajstić information content (AvgIpc) is 2.69. The maximum Gasteiger partial charge on any atom is 0.316 e. The fourth-order valence-electron chi connectivity index (χ4n) is 3.52. The summed E-state index contributed by atoms with van der Waals surface area (Å²) in [5.41, 5.74) is 3.29. The molecule has 0 saturated carbocycles. The predicted molar refractivity (Wildman–Crippen MR) is 138 cm³/mol. The third-order valence-electron chi connectivity index (χ3n) is 5.52. The first-order valence-electron chi connectivity index (χ1n) is 11.6. The number of carbonyl (C=O) groups is 1. The van der Waals surface area contributed by atoms with E-state index in [0.717, 1.165) is 28.9 Å². The molecular weight excluding hydrogens is 408 g/mol. The van der Waals surface area contributed by atoms with Gasteiger partial charge in [0.25, 0.3) is 0 Å². The van der Waals surface area contributed by atoms with E-state index in [1.54, 1.807) is 0 Å². The van der Waals surface area contributed by atoms with Crippen LogP contribution in [0.25, 0.3) is 0 Å². The first kappa shape index (κ1) is 26.4. The van der Waals surface area contributed by atoms with Gasteiger partial charge in [-0.15, -0.1) is 13.2 Å². The quantitative estimate of drug-likeness (QED) is 0.237. The van der Waals surface area contributed by atoms with Crippen molar-refractivity contribution in [3.8, 4) is 11.5 Å². The van der Waals surface area contributed by atoms with Crippen LogP contribution >= 0.6 is 0 Å². The summed E-state index contributed by atoms with van der Waals surface area (Å²) in [6.07, 6.45) is 5.10. The highest BCUT2D eigenvalue weighted by atomic mass is 16.5. The first-order valence-corrected chi connectivity index (χ1v) is 11.6. The third-order valence-corrected chi connectivity index (χ3v) is 5.52. The molecule has 0 N–H and O–H groups in total. The summed E-state index contributed by atoms with van der Waals surface area (Å²) in [7, 11) is 0. The molecule has 3 nitrogen and oxygen atoms in total. The van der Waals surface area contributed by atoms with E-state index < -0.39 is 5.41 Å². The van der Waals surface area contributed by atoms with E-state index in [9.17, 15) is 4.79 Å². The van der Waals surface area contributed by atoms with Gasteiger partial charge in [0.15, 0.2) is 0 Å². The van der Waals surface area contributed by atoms with E-state index in [1.807, 2.05) is 45.1 Å². The van der Waals surface area contributed by atoms with E-state index in [-0.39, 0.29) is 17.0 Å². The number of esters is 1. The smallest absolute Gasteiger partial charge is 0.316 e. The molecule has 3 heteroatoms. The van der Waals surface area contributed by atoms with Crippen molar-refractivity contribution in [2.24, 2.45) is 5.41 Å². The average molecular weight is 449 g/mol. The predicted octanol–water partition coefficient (Wildman–Crippen LogP) is 7.60. The van der Waals surface area contributed by atoms with Crippen LogP contribution in [0.5, 0.6) is 11.5 Å². The molecule has 0 aliphatic rings. The van der Waals surface area contributed by atoms with Gasteiger partial charge in [0, 0.05) is 5.41 Å². The number of hydrogen-bond acceptors (Lipinski definition) is 3. The van der Waals surface area contributed by atoms with Crippen LogP contribution in [-0.2, 0) is 23.1 Å². The van der Waals surface area contributed by atoms with Crippen molar-refractivity contribution in [2.75, 3.05) is 0 Å². The van der Waals surface area contributed by atoms with Crippen molar-refractivity contribution >= 4 is 5.97 Å². The highest BCUT2D eigenvalue weighted by Crippen LogP contribution is 2.37. The summed E-state index contributed by atoms with van der Waals surface area (Å²) in [6, 6.07) is 12.5. The van der Waals surface area contributed by atoms with Crippen LogP contribution in [0.3, 0.4) is 0 Å². The Morgan fingerprint density at radius 2 is 1.24 bits per heavy atom. The summed E-state index contributed by atoms with van der Waals surface area (Å²) in [5, 5.41) is 0. The van der Waals surface area contributed by atoms with E-state index in [2.05, 4.69) is 72.0 Å². The molecule has 2 rings (SSSR count). The van der Waals surface area contributed by atoms with Crippen LogP contribution in [0.15, 0.2) is 61.7 Å². The summed E-state index contributed by atoms with van der Waals surface area (Å²) in [4.78, 5) is 12.5. The van der Waals surface area contributed by atoms with Crippen molar-refractivity contribution in [3.63, 3.8) is 0 Å². The van der Waals surface area contributed by atoms with Gasteiger partial charge in [-0.2, -0.15) is 0 Å². The van der Waals surface area contributed by atoms with Gasteiger partial charge < -0.3 is 9.47 Å². The van der Waals surface area contributed by atoms with Crippen molar-refractivity contribution < 1.29 is 14.3 Å². The summed E-state index contributed by atoms with van der Waals surface area (Å²) in [5.74, 6) is 1.23. The van der Waals surface area contributed by atoms with Crippen LogP contribution in [0.2, 0.25) is 0 Å². The van der Waals surface area contributed by atoms with Crippen LogP contribution in [0, 0.1) is 5.41 Å². The lowest BCUT2D eigenvalue weighted by molar-refractivity contribution is -0.143. The van der Waals surface area contributed by atoms with Crippen LogP contribution in [0.4, 0.5) is 0 Å². The molecule has 0 heterocycles. The SMILES string of the molecule is C=CCc1cc(C(C)(C)c2ccc(OC(C)(C)C)c(CC=C)c2)ccc1OC(=O)C(C)(C)C. The molecule has 33 heavy (non-hydrogen) atoms.